The summed E-state index contributed by atoms with van der Waals surface area (Å²) in [6.45, 7) is 3.11. The smallest absolute Gasteiger partial charge is 0.126 e. The Morgan fingerprint density at radius 2 is 2.05 bits per heavy atom. The fourth-order valence-corrected chi connectivity index (χ4v) is 2.61. The number of hydrogen-bond acceptors (Lipinski definition) is 4. The maximum Gasteiger partial charge on any atom is 0.126 e. The summed E-state index contributed by atoms with van der Waals surface area (Å²) in [5.41, 5.74) is 1.08. The molecule has 1 aromatic heterocycles. The van der Waals surface area contributed by atoms with Gasteiger partial charge in [-0.1, -0.05) is 19.1 Å². The highest BCUT2D eigenvalue weighted by atomic mass is 32.2. The van der Waals surface area contributed by atoms with E-state index < -0.39 is 0 Å². The minimum atomic E-state index is 0.856. The summed E-state index contributed by atoms with van der Waals surface area (Å²) in [5.74, 6) is 2.70. The zero-order valence-corrected chi connectivity index (χ0v) is 12.7. The molecule has 0 saturated carbocycles. The zero-order valence-electron chi connectivity index (χ0n) is 11.9. The van der Waals surface area contributed by atoms with Gasteiger partial charge in [0.15, 0.2) is 0 Å². The number of rotatable bonds is 7. The van der Waals surface area contributed by atoms with Crippen molar-refractivity contribution >= 4 is 17.6 Å². The van der Waals surface area contributed by atoms with Crippen LogP contribution in [0.4, 0.5) is 5.82 Å². The van der Waals surface area contributed by atoms with Gasteiger partial charge >= 0.3 is 0 Å². The van der Waals surface area contributed by atoms with Crippen LogP contribution >= 0.6 is 11.8 Å². The van der Waals surface area contributed by atoms with Gasteiger partial charge in [-0.25, -0.2) is 4.98 Å². The van der Waals surface area contributed by atoms with Crippen LogP contribution in [-0.4, -0.2) is 18.6 Å². The second-order valence-electron chi connectivity index (χ2n) is 4.41. The molecule has 0 radical (unpaired) electrons. The molecule has 0 unspecified atom stereocenters. The SMILES string of the molecule is CCCNc1cccc(CSc2cccc(OC)c2)n1. The average molecular weight is 288 g/mol. The van der Waals surface area contributed by atoms with Crippen LogP contribution in [0.5, 0.6) is 5.75 Å². The second-order valence-corrected chi connectivity index (χ2v) is 5.46. The summed E-state index contributed by atoms with van der Waals surface area (Å²) >= 11 is 1.77. The summed E-state index contributed by atoms with van der Waals surface area (Å²) in [4.78, 5) is 5.80. The first-order valence-electron chi connectivity index (χ1n) is 6.78. The van der Waals surface area contributed by atoms with Gasteiger partial charge in [-0.05, 0) is 36.8 Å². The van der Waals surface area contributed by atoms with Crippen LogP contribution in [-0.2, 0) is 5.75 Å². The number of nitrogens with one attached hydrogen (secondary N) is 1. The number of hydrogen-bond donors (Lipinski definition) is 1. The maximum atomic E-state index is 5.23. The van der Waals surface area contributed by atoms with Crippen molar-refractivity contribution in [3.05, 3.63) is 48.2 Å². The lowest BCUT2D eigenvalue weighted by Crippen LogP contribution is -2.02. The Kier molecular flexibility index (Phi) is 5.74. The fraction of sp³-hybridized carbons (Fsp3) is 0.312. The van der Waals surface area contributed by atoms with Gasteiger partial charge in [-0.2, -0.15) is 0 Å². The summed E-state index contributed by atoms with van der Waals surface area (Å²) in [6, 6.07) is 14.2. The molecule has 1 aromatic carbocycles. The van der Waals surface area contributed by atoms with Crippen LogP contribution in [0, 0.1) is 0 Å². The number of anilines is 1. The van der Waals surface area contributed by atoms with Crippen molar-refractivity contribution < 1.29 is 4.74 Å². The molecule has 1 N–H and O–H groups in total. The molecule has 0 aliphatic heterocycles. The number of aromatic nitrogens is 1. The van der Waals surface area contributed by atoms with Crippen molar-refractivity contribution in [1.82, 2.24) is 4.98 Å². The monoisotopic (exact) mass is 288 g/mol. The summed E-state index contributed by atoms with van der Waals surface area (Å²) < 4.78 is 5.23. The topological polar surface area (TPSA) is 34.1 Å². The van der Waals surface area contributed by atoms with Gasteiger partial charge < -0.3 is 10.1 Å². The predicted octanol–water partition coefficient (Wildman–Crippen LogP) is 4.20. The Morgan fingerprint density at radius 3 is 2.85 bits per heavy atom. The fourth-order valence-electron chi connectivity index (χ4n) is 1.76. The highest BCUT2D eigenvalue weighted by molar-refractivity contribution is 7.98. The number of nitrogens with zero attached hydrogens (tertiary/aromatic N) is 1. The Morgan fingerprint density at radius 1 is 1.20 bits per heavy atom. The Hall–Kier alpha value is -1.68. The molecule has 0 spiro atoms. The van der Waals surface area contributed by atoms with Crippen molar-refractivity contribution in [2.24, 2.45) is 0 Å². The van der Waals surface area contributed by atoms with Gasteiger partial charge in [0.05, 0.1) is 12.8 Å². The highest BCUT2D eigenvalue weighted by Crippen LogP contribution is 2.25. The Balaban J connectivity index is 1.95. The molecule has 1 heterocycles. The van der Waals surface area contributed by atoms with E-state index in [1.807, 2.05) is 30.3 Å². The van der Waals surface area contributed by atoms with E-state index in [1.165, 1.54) is 4.90 Å². The molecule has 2 rings (SSSR count). The van der Waals surface area contributed by atoms with E-state index in [-0.39, 0.29) is 0 Å². The third kappa shape index (κ3) is 4.46. The lowest BCUT2D eigenvalue weighted by Gasteiger charge is -2.07. The van der Waals surface area contributed by atoms with Crippen LogP contribution in [0.3, 0.4) is 0 Å². The van der Waals surface area contributed by atoms with Crippen molar-refractivity contribution in [3.63, 3.8) is 0 Å². The number of pyridine rings is 1. The molecule has 0 amide bonds. The van der Waals surface area contributed by atoms with Crippen LogP contribution in [0.2, 0.25) is 0 Å². The minimum Gasteiger partial charge on any atom is -0.497 e. The number of thioether (sulfide) groups is 1. The van der Waals surface area contributed by atoms with Crippen LogP contribution in [0.25, 0.3) is 0 Å². The van der Waals surface area contributed by atoms with E-state index in [0.29, 0.717) is 0 Å². The summed E-state index contributed by atoms with van der Waals surface area (Å²) in [6.07, 6.45) is 1.10. The number of methoxy groups -OCH3 is 1. The lowest BCUT2D eigenvalue weighted by molar-refractivity contribution is 0.413. The highest BCUT2D eigenvalue weighted by Gasteiger charge is 2.01. The zero-order chi connectivity index (χ0) is 14.2. The first-order valence-corrected chi connectivity index (χ1v) is 7.77. The standard InChI is InChI=1S/C16H20N2OS/c1-3-10-17-16-9-4-6-13(18-16)12-20-15-8-5-7-14(11-15)19-2/h4-9,11H,3,10,12H2,1-2H3,(H,17,18). The quantitative estimate of drug-likeness (QED) is 0.774. The lowest BCUT2D eigenvalue weighted by atomic mass is 10.3. The summed E-state index contributed by atoms with van der Waals surface area (Å²) in [7, 11) is 1.69. The van der Waals surface area contributed by atoms with Gasteiger partial charge in [-0.3, -0.25) is 0 Å². The molecular formula is C16H20N2OS. The van der Waals surface area contributed by atoms with E-state index in [2.05, 4.69) is 29.4 Å². The Bertz CT molecular complexity index is 546. The second kappa shape index (κ2) is 7.80. The van der Waals surface area contributed by atoms with E-state index in [1.54, 1.807) is 18.9 Å². The normalized spacial score (nSPS) is 10.3. The molecule has 2 aromatic rings. The van der Waals surface area contributed by atoms with Crippen molar-refractivity contribution in [1.29, 1.82) is 0 Å². The van der Waals surface area contributed by atoms with E-state index in [9.17, 15) is 0 Å². The van der Waals surface area contributed by atoms with Crippen LogP contribution in [0.1, 0.15) is 19.0 Å². The summed E-state index contributed by atoms with van der Waals surface area (Å²) in [5, 5.41) is 3.31. The van der Waals surface area contributed by atoms with Gasteiger partial charge in [0.25, 0.3) is 0 Å². The van der Waals surface area contributed by atoms with Crippen LogP contribution < -0.4 is 10.1 Å². The molecule has 3 nitrogen and oxygen atoms in total. The van der Waals surface area contributed by atoms with E-state index in [4.69, 9.17) is 4.74 Å². The number of benzene rings is 1. The molecular weight excluding hydrogens is 268 g/mol. The molecule has 4 heteroatoms. The van der Waals surface area contributed by atoms with Gasteiger partial charge in [0, 0.05) is 17.2 Å². The average Bonchev–Trinajstić information content (AvgIpc) is 2.51. The molecule has 0 fully saturated rings. The molecule has 0 bridgehead atoms. The largest absolute Gasteiger partial charge is 0.497 e. The van der Waals surface area contributed by atoms with Gasteiger partial charge in [0.2, 0.25) is 0 Å². The van der Waals surface area contributed by atoms with E-state index >= 15 is 0 Å². The van der Waals surface area contributed by atoms with Crippen molar-refractivity contribution in [2.45, 2.75) is 24.0 Å². The molecule has 0 atom stereocenters. The van der Waals surface area contributed by atoms with Gasteiger partial charge in [-0.15, -0.1) is 11.8 Å². The van der Waals surface area contributed by atoms with E-state index in [0.717, 1.165) is 36.0 Å². The van der Waals surface area contributed by atoms with Crippen LogP contribution in [0.15, 0.2) is 47.4 Å². The molecule has 106 valence electrons. The Labute approximate surface area is 124 Å². The molecule has 0 aliphatic carbocycles. The third-order valence-corrected chi connectivity index (χ3v) is 3.82. The third-order valence-electron chi connectivity index (χ3n) is 2.79. The first-order chi connectivity index (χ1) is 9.81. The van der Waals surface area contributed by atoms with Crippen molar-refractivity contribution in [2.75, 3.05) is 19.0 Å². The molecule has 20 heavy (non-hydrogen) atoms. The maximum absolute atomic E-state index is 5.23. The molecule has 0 saturated heterocycles. The minimum absolute atomic E-state index is 0.856. The number of ether oxygens (including phenoxy) is 1. The first kappa shape index (κ1) is 14.7. The molecule has 0 aliphatic rings. The predicted molar refractivity (Wildman–Crippen MR) is 85.6 cm³/mol. The van der Waals surface area contributed by atoms with Crippen molar-refractivity contribution in [3.8, 4) is 5.75 Å². The van der Waals surface area contributed by atoms with Gasteiger partial charge in [0.1, 0.15) is 11.6 Å².